The maximum atomic E-state index is 13.0. The van der Waals surface area contributed by atoms with Gasteiger partial charge in [0.25, 0.3) is 5.56 Å². The predicted molar refractivity (Wildman–Crippen MR) is 196 cm³/mol. The van der Waals surface area contributed by atoms with Crippen LogP contribution in [0.15, 0.2) is 151 Å². The number of aromatic hydroxyl groups is 1. The van der Waals surface area contributed by atoms with Crippen LogP contribution in [0.2, 0.25) is 0 Å². The van der Waals surface area contributed by atoms with Gasteiger partial charge < -0.3 is 14.9 Å². The zero-order chi connectivity index (χ0) is 34.3. The van der Waals surface area contributed by atoms with Gasteiger partial charge in [-0.25, -0.2) is 9.82 Å². The molecule has 0 saturated heterocycles. The summed E-state index contributed by atoms with van der Waals surface area (Å²) in [5.41, 5.74) is 7.35. The molecule has 7 heteroatoms. The van der Waals surface area contributed by atoms with Gasteiger partial charge in [-0.2, -0.15) is 5.26 Å². The Morgan fingerprint density at radius 2 is 1.18 bits per heavy atom. The van der Waals surface area contributed by atoms with Crippen molar-refractivity contribution in [1.82, 2.24) is 4.57 Å². The molecule has 6 rings (SSSR count). The molecule has 1 aromatic heterocycles. The van der Waals surface area contributed by atoms with Crippen LogP contribution in [0.5, 0.6) is 5.88 Å². The summed E-state index contributed by atoms with van der Waals surface area (Å²) in [6, 6.07) is 47.3. The molecule has 0 spiro atoms. The highest BCUT2D eigenvalue weighted by Gasteiger charge is 2.16. The Bertz CT molecular complexity index is 2280. The van der Waals surface area contributed by atoms with Crippen LogP contribution in [-0.4, -0.2) is 14.9 Å². The first-order valence-electron chi connectivity index (χ1n) is 15.4. The van der Waals surface area contributed by atoms with E-state index in [1.807, 2.05) is 66.7 Å². The molecular formula is C42H31N3O4. The smallest absolute Gasteiger partial charge is 0.268 e. The molecule has 6 aromatic rings. The lowest BCUT2D eigenvalue weighted by Crippen LogP contribution is -2.45. The standard InChI is InChI=1S/C42H31N3O4/c1-29-39(41(46)44(30(2)49-48)42(47)40(29)28-43)15-9-10-31-16-22-36(23-17-31)45(37-24-18-34(19-25-37)32-11-5-3-6-12-32)38-26-20-35(21-27-38)33-13-7-4-8-14-33/h3-27,47-48H,1-2H2/b10-9+,39-15-. The second-order valence-corrected chi connectivity index (χ2v) is 11.1. The van der Waals surface area contributed by atoms with Crippen LogP contribution in [0.4, 0.5) is 17.1 Å². The average molecular weight is 642 g/mol. The lowest BCUT2D eigenvalue weighted by atomic mass is 10.0. The third-order valence-electron chi connectivity index (χ3n) is 8.13. The van der Waals surface area contributed by atoms with Crippen molar-refractivity contribution in [2.24, 2.45) is 0 Å². The van der Waals surface area contributed by atoms with Crippen molar-refractivity contribution in [3.8, 4) is 34.2 Å². The summed E-state index contributed by atoms with van der Waals surface area (Å²) < 4.78 is 0.606. The lowest BCUT2D eigenvalue weighted by molar-refractivity contribution is -0.176. The molecule has 7 nitrogen and oxygen atoms in total. The second kappa shape index (κ2) is 14.3. The summed E-state index contributed by atoms with van der Waals surface area (Å²) in [5, 5.41) is 29.0. The molecule has 0 unspecified atom stereocenters. The van der Waals surface area contributed by atoms with Crippen molar-refractivity contribution < 1.29 is 15.3 Å². The van der Waals surface area contributed by atoms with Gasteiger partial charge in [0.1, 0.15) is 11.6 Å². The molecule has 238 valence electrons. The molecule has 0 atom stereocenters. The Labute approximate surface area is 283 Å². The monoisotopic (exact) mass is 641 g/mol. The first-order chi connectivity index (χ1) is 23.9. The molecule has 49 heavy (non-hydrogen) atoms. The van der Waals surface area contributed by atoms with Crippen LogP contribution in [0.3, 0.4) is 0 Å². The Kier molecular flexibility index (Phi) is 9.34. The number of allylic oxidation sites excluding steroid dienone is 1. The molecule has 0 bridgehead atoms. The van der Waals surface area contributed by atoms with E-state index >= 15 is 0 Å². The molecule has 5 aromatic carbocycles. The maximum absolute atomic E-state index is 13.0. The van der Waals surface area contributed by atoms with Crippen LogP contribution >= 0.6 is 0 Å². The number of pyridine rings is 1. The van der Waals surface area contributed by atoms with E-state index in [-0.39, 0.29) is 16.0 Å². The zero-order valence-corrected chi connectivity index (χ0v) is 26.4. The number of rotatable bonds is 9. The quantitative estimate of drug-likeness (QED) is 0.0942. The summed E-state index contributed by atoms with van der Waals surface area (Å²) in [7, 11) is 0. The molecule has 0 radical (unpaired) electrons. The highest BCUT2D eigenvalue weighted by Crippen LogP contribution is 2.37. The molecule has 1 heterocycles. The molecule has 0 aliphatic rings. The van der Waals surface area contributed by atoms with E-state index in [0.29, 0.717) is 4.57 Å². The summed E-state index contributed by atoms with van der Waals surface area (Å²) in [6.45, 7) is 7.21. The number of nitriles is 1. The number of anilines is 3. The summed E-state index contributed by atoms with van der Waals surface area (Å²) in [5.74, 6) is -1.27. The number of nitrogens with zero attached hydrogens (tertiary/aromatic N) is 3. The molecule has 0 amide bonds. The van der Waals surface area contributed by atoms with Crippen LogP contribution < -0.4 is 20.9 Å². The number of benzene rings is 5. The van der Waals surface area contributed by atoms with E-state index in [1.54, 1.807) is 12.2 Å². The fraction of sp³-hybridized carbons (Fsp3) is 0. The van der Waals surface area contributed by atoms with Crippen molar-refractivity contribution in [2.75, 3.05) is 4.90 Å². The highest BCUT2D eigenvalue weighted by molar-refractivity contribution is 5.80. The van der Waals surface area contributed by atoms with Gasteiger partial charge in [-0.05, 0) is 76.9 Å². The Morgan fingerprint density at radius 3 is 1.63 bits per heavy atom. The van der Waals surface area contributed by atoms with Gasteiger partial charge >= 0.3 is 0 Å². The minimum absolute atomic E-state index is 0.0319. The van der Waals surface area contributed by atoms with E-state index in [9.17, 15) is 15.2 Å². The summed E-state index contributed by atoms with van der Waals surface area (Å²) >= 11 is 0. The van der Waals surface area contributed by atoms with Crippen molar-refractivity contribution in [3.05, 3.63) is 178 Å². The minimum Gasteiger partial charge on any atom is -0.493 e. The van der Waals surface area contributed by atoms with Gasteiger partial charge in [0.2, 0.25) is 11.8 Å². The Hall–Kier alpha value is -6.88. The normalized spacial score (nSPS) is 11.3. The molecule has 0 saturated carbocycles. The lowest BCUT2D eigenvalue weighted by Gasteiger charge is -2.26. The second-order valence-electron chi connectivity index (χ2n) is 11.1. The SMILES string of the molecule is C=C(OO)n1c(O)c(C#N)c(=C)/c(=C/C=C/c2ccc(N(c3ccc(-c4ccccc4)cc3)c3ccc(-c4ccccc4)cc3)cc2)c1=O. The first-order valence-corrected chi connectivity index (χ1v) is 15.4. The summed E-state index contributed by atoms with van der Waals surface area (Å²) in [4.78, 5) is 19.3. The minimum atomic E-state index is -0.757. The van der Waals surface area contributed by atoms with E-state index < -0.39 is 17.3 Å². The molecule has 0 aliphatic carbocycles. The summed E-state index contributed by atoms with van der Waals surface area (Å²) in [6.07, 6.45) is 4.93. The van der Waals surface area contributed by atoms with Crippen LogP contribution in [-0.2, 0) is 4.89 Å². The first kappa shape index (κ1) is 32.1. The Balaban J connectivity index is 1.35. The predicted octanol–water partition coefficient (Wildman–Crippen LogP) is 8.05. The van der Waals surface area contributed by atoms with Crippen molar-refractivity contribution >= 4 is 41.7 Å². The van der Waals surface area contributed by atoms with E-state index in [4.69, 9.17) is 5.26 Å². The third-order valence-corrected chi connectivity index (χ3v) is 8.13. The van der Waals surface area contributed by atoms with E-state index in [0.717, 1.165) is 44.9 Å². The maximum Gasteiger partial charge on any atom is 0.268 e. The van der Waals surface area contributed by atoms with Gasteiger partial charge in [-0.3, -0.25) is 4.79 Å². The van der Waals surface area contributed by atoms with Gasteiger partial charge in [-0.1, -0.05) is 116 Å². The van der Waals surface area contributed by atoms with Crippen molar-refractivity contribution in [3.63, 3.8) is 0 Å². The van der Waals surface area contributed by atoms with Crippen LogP contribution in [0, 0.1) is 11.3 Å². The van der Waals surface area contributed by atoms with Crippen molar-refractivity contribution in [2.45, 2.75) is 0 Å². The molecule has 0 aliphatic heterocycles. The Morgan fingerprint density at radius 1 is 0.735 bits per heavy atom. The number of hydrogen-bond donors (Lipinski definition) is 2. The number of aromatic nitrogens is 1. The highest BCUT2D eigenvalue weighted by atomic mass is 17.1. The number of hydrogen-bond acceptors (Lipinski definition) is 6. The van der Waals surface area contributed by atoms with Gasteiger partial charge in [-0.15, -0.1) is 0 Å². The fourth-order valence-corrected chi connectivity index (χ4v) is 5.59. The van der Waals surface area contributed by atoms with Gasteiger partial charge in [0.15, 0.2) is 0 Å². The van der Waals surface area contributed by atoms with Crippen LogP contribution in [0.1, 0.15) is 11.1 Å². The van der Waals surface area contributed by atoms with Crippen LogP contribution in [0.25, 0.3) is 46.9 Å². The van der Waals surface area contributed by atoms with E-state index in [1.165, 1.54) is 6.08 Å². The fourth-order valence-electron chi connectivity index (χ4n) is 5.59. The molecular weight excluding hydrogens is 610 g/mol. The zero-order valence-electron chi connectivity index (χ0n) is 26.4. The molecule has 2 N–H and O–H groups in total. The molecule has 0 fully saturated rings. The largest absolute Gasteiger partial charge is 0.493 e. The van der Waals surface area contributed by atoms with Gasteiger partial charge in [0, 0.05) is 27.5 Å². The third kappa shape index (κ3) is 6.67. The van der Waals surface area contributed by atoms with E-state index in [2.05, 4.69) is 95.7 Å². The average Bonchev–Trinajstić information content (AvgIpc) is 3.15. The van der Waals surface area contributed by atoms with Crippen molar-refractivity contribution in [1.29, 1.82) is 5.26 Å². The van der Waals surface area contributed by atoms with Gasteiger partial charge in [0.05, 0.1) is 0 Å². The topological polar surface area (TPSA) is 98.7 Å².